The third-order valence-corrected chi connectivity index (χ3v) is 2.94. The van der Waals surface area contributed by atoms with Gasteiger partial charge in [-0.15, -0.1) is 24.0 Å². The number of nitrogens with one attached hydrogen (secondary N) is 1. The van der Waals surface area contributed by atoms with E-state index in [0.717, 1.165) is 32.0 Å². The maximum atomic E-state index is 5.73. The highest BCUT2D eigenvalue weighted by atomic mass is 127. The zero-order valence-corrected chi connectivity index (χ0v) is 13.1. The minimum atomic E-state index is 0. The Kier molecular flexibility index (Phi) is 11.0. The van der Waals surface area contributed by atoms with Gasteiger partial charge in [-0.25, -0.2) is 0 Å². The Morgan fingerprint density at radius 1 is 1.41 bits per heavy atom. The standard InChI is InChI=1S/C12H25N3O.HI/c1-2-3-8-16-9-7-14-12(13)15-10-11-5-4-6-11;/h11H,2-10H2,1H3,(H3,13,14,15);1H. The third-order valence-electron chi connectivity index (χ3n) is 2.94. The van der Waals surface area contributed by atoms with Crippen LogP contribution in [0.2, 0.25) is 0 Å². The van der Waals surface area contributed by atoms with Crippen LogP contribution in [-0.4, -0.2) is 32.3 Å². The first-order valence-corrected chi connectivity index (χ1v) is 6.44. The topological polar surface area (TPSA) is 59.6 Å². The van der Waals surface area contributed by atoms with E-state index in [4.69, 9.17) is 10.5 Å². The van der Waals surface area contributed by atoms with Gasteiger partial charge in [0.2, 0.25) is 0 Å². The quantitative estimate of drug-likeness (QED) is 0.304. The van der Waals surface area contributed by atoms with Crippen LogP contribution in [-0.2, 0) is 4.74 Å². The lowest BCUT2D eigenvalue weighted by Crippen LogP contribution is -2.35. The number of nitrogens with zero attached hydrogens (tertiary/aromatic N) is 1. The number of hydrogen-bond donors (Lipinski definition) is 2. The number of nitrogens with two attached hydrogens (primary N) is 1. The molecule has 1 aliphatic carbocycles. The molecule has 0 spiro atoms. The molecule has 0 saturated heterocycles. The second-order valence-electron chi connectivity index (χ2n) is 4.42. The number of guanidine groups is 1. The maximum absolute atomic E-state index is 5.73. The van der Waals surface area contributed by atoms with E-state index in [-0.39, 0.29) is 24.0 Å². The highest BCUT2D eigenvalue weighted by Gasteiger charge is 2.16. The average molecular weight is 355 g/mol. The summed E-state index contributed by atoms with van der Waals surface area (Å²) in [6.45, 7) is 5.35. The lowest BCUT2D eigenvalue weighted by Gasteiger charge is -2.23. The summed E-state index contributed by atoms with van der Waals surface area (Å²) in [5.74, 6) is 1.34. The first-order chi connectivity index (χ1) is 7.83. The molecule has 0 bridgehead atoms. The summed E-state index contributed by atoms with van der Waals surface area (Å²) in [7, 11) is 0. The van der Waals surface area contributed by atoms with Gasteiger partial charge in [-0.1, -0.05) is 19.8 Å². The van der Waals surface area contributed by atoms with E-state index >= 15 is 0 Å². The van der Waals surface area contributed by atoms with Crippen molar-refractivity contribution < 1.29 is 4.74 Å². The van der Waals surface area contributed by atoms with Crippen LogP contribution in [0.1, 0.15) is 39.0 Å². The van der Waals surface area contributed by atoms with E-state index in [9.17, 15) is 0 Å². The molecule has 0 unspecified atom stereocenters. The fraction of sp³-hybridized carbons (Fsp3) is 0.917. The summed E-state index contributed by atoms with van der Waals surface area (Å²) in [5.41, 5.74) is 5.73. The van der Waals surface area contributed by atoms with Gasteiger partial charge >= 0.3 is 0 Å². The molecule has 0 atom stereocenters. The number of ether oxygens (including phenoxy) is 1. The molecule has 0 amide bonds. The first-order valence-electron chi connectivity index (χ1n) is 6.44. The molecule has 5 heteroatoms. The molecule has 1 saturated carbocycles. The van der Waals surface area contributed by atoms with E-state index in [1.807, 2.05) is 0 Å². The van der Waals surface area contributed by atoms with Crippen LogP contribution in [0.5, 0.6) is 0 Å². The Morgan fingerprint density at radius 2 is 2.18 bits per heavy atom. The van der Waals surface area contributed by atoms with Crippen molar-refractivity contribution in [2.24, 2.45) is 16.6 Å². The van der Waals surface area contributed by atoms with Gasteiger partial charge in [-0.2, -0.15) is 0 Å². The number of aliphatic imine (C=N–C) groups is 1. The average Bonchev–Trinajstić information content (AvgIpc) is 2.21. The second-order valence-corrected chi connectivity index (χ2v) is 4.42. The zero-order chi connectivity index (χ0) is 11.6. The summed E-state index contributed by atoms with van der Waals surface area (Å²) < 4.78 is 5.41. The monoisotopic (exact) mass is 355 g/mol. The van der Waals surface area contributed by atoms with Gasteiger partial charge in [0.25, 0.3) is 0 Å². The van der Waals surface area contributed by atoms with Crippen molar-refractivity contribution in [3.63, 3.8) is 0 Å². The van der Waals surface area contributed by atoms with Gasteiger partial charge in [0, 0.05) is 19.7 Å². The van der Waals surface area contributed by atoms with Crippen LogP contribution in [0.15, 0.2) is 4.99 Å². The predicted molar refractivity (Wildman–Crippen MR) is 83.0 cm³/mol. The van der Waals surface area contributed by atoms with Crippen LogP contribution in [0.25, 0.3) is 0 Å². The van der Waals surface area contributed by atoms with Crippen LogP contribution in [0, 0.1) is 5.92 Å². The molecule has 4 nitrogen and oxygen atoms in total. The van der Waals surface area contributed by atoms with Crippen LogP contribution in [0.4, 0.5) is 0 Å². The Balaban J connectivity index is 0.00000256. The predicted octanol–water partition coefficient (Wildman–Crippen LogP) is 2.13. The molecule has 0 aromatic rings. The van der Waals surface area contributed by atoms with Gasteiger partial charge in [0.15, 0.2) is 5.96 Å². The van der Waals surface area contributed by atoms with Crippen LogP contribution < -0.4 is 11.1 Å². The molecule has 1 rings (SSSR count). The van der Waals surface area contributed by atoms with Crippen molar-refractivity contribution in [1.82, 2.24) is 5.32 Å². The summed E-state index contributed by atoms with van der Waals surface area (Å²) >= 11 is 0. The summed E-state index contributed by atoms with van der Waals surface area (Å²) in [5, 5.41) is 3.07. The molecule has 3 N–H and O–H groups in total. The molecule has 1 fully saturated rings. The summed E-state index contributed by atoms with van der Waals surface area (Å²) in [6, 6.07) is 0. The molecule has 0 heterocycles. The SMILES string of the molecule is CCCCOCCNC(N)=NCC1CCC1.I. The number of hydrogen-bond acceptors (Lipinski definition) is 2. The fourth-order valence-corrected chi connectivity index (χ4v) is 1.56. The first kappa shape index (κ1) is 17.0. The number of rotatable bonds is 8. The smallest absolute Gasteiger partial charge is 0.188 e. The summed E-state index contributed by atoms with van der Waals surface area (Å²) in [6.07, 6.45) is 6.30. The van der Waals surface area contributed by atoms with E-state index in [1.54, 1.807) is 0 Å². The highest BCUT2D eigenvalue weighted by molar-refractivity contribution is 14.0. The Labute approximate surface area is 122 Å². The molecular formula is C12H26IN3O. The lowest BCUT2D eigenvalue weighted by atomic mass is 9.86. The fourth-order valence-electron chi connectivity index (χ4n) is 1.56. The van der Waals surface area contributed by atoms with E-state index < -0.39 is 0 Å². The lowest BCUT2D eigenvalue weighted by molar-refractivity contribution is 0.136. The molecule has 17 heavy (non-hydrogen) atoms. The van der Waals surface area contributed by atoms with Crippen molar-refractivity contribution in [3.8, 4) is 0 Å². The van der Waals surface area contributed by atoms with Gasteiger partial charge < -0.3 is 15.8 Å². The van der Waals surface area contributed by atoms with Crippen LogP contribution in [0.3, 0.4) is 0 Å². The van der Waals surface area contributed by atoms with Gasteiger partial charge in [-0.3, -0.25) is 4.99 Å². The van der Waals surface area contributed by atoms with Crippen LogP contribution >= 0.6 is 24.0 Å². The Hall–Kier alpha value is -0.0400. The Bertz CT molecular complexity index is 208. The van der Waals surface area contributed by atoms with E-state index in [1.165, 1.54) is 25.7 Å². The third kappa shape index (κ3) is 8.65. The van der Waals surface area contributed by atoms with Gasteiger partial charge in [0.05, 0.1) is 6.61 Å². The molecule has 0 aromatic carbocycles. The molecular weight excluding hydrogens is 329 g/mol. The van der Waals surface area contributed by atoms with Crippen molar-refractivity contribution in [2.45, 2.75) is 39.0 Å². The highest BCUT2D eigenvalue weighted by Crippen LogP contribution is 2.26. The molecule has 0 aliphatic heterocycles. The molecule has 1 aliphatic rings. The molecule has 102 valence electrons. The number of unbranched alkanes of at least 4 members (excludes halogenated alkanes) is 1. The zero-order valence-electron chi connectivity index (χ0n) is 10.8. The van der Waals surface area contributed by atoms with Crippen molar-refractivity contribution >= 4 is 29.9 Å². The minimum Gasteiger partial charge on any atom is -0.380 e. The minimum absolute atomic E-state index is 0. The van der Waals surface area contributed by atoms with E-state index in [0.29, 0.717) is 12.6 Å². The largest absolute Gasteiger partial charge is 0.380 e. The van der Waals surface area contributed by atoms with Crippen molar-refractivity contribution in [1.29, 1.82) is 0 Å². The van der Waals surface area contributed by atoms with Crippen molar-refractivity contribution in [2.75, 3.05) is 26.3 Å². The maximum Gasteiger partial charge on any atom is 0.188 e. The van der Waals surface area contributed by atoms with Crippen molar-refractivity contribution in [3.05, 3.63) is 0 Å². The van der Waals surface area contributed by atoms with Gasteiger partial charge in [-0.05, 0) is 25.2 Å². The number of halogens is 1. The Morgan fingerprint density at radius 3 is 2.76 bits per heavy atom. The summed E-state index contributed by atoms with van der Waals surface area (Å²) in [4.78, 5) is 4.31. The second kappa shape index (κ2) is 11.1. The normalized spacial score (nSPS) is 16.2. The van der Waals surface area contributed by atoms with Gasteiger partial charge in [0.1, 0.15) is 0 Å². The van der Waals surface area contributed by atoms with E-state index in [2.05, 4.69) is 17.2 Å². The molecule has 0 aromatic heterocycles. The molecule has 0 radical (unpaired) electrons.